The van der Waals surface area contributed by atoms with Crippen molar-refractivity contribution in [2.75, 3.05) is 0 Å². The van der Waals surface area contributed by atoms with E-state index in [1.165, 1.54) is 0 Å². The molecule has 0 rings (SSSR count). The third-order valence-corrected chi connectivity index (χ3v) is 0.574. The van der Waals surface area contributed by atoms with E-state index in [9.17, 15) is 22.0 Å². The molecule has 0 unspecified atom stereocenters. The smallest absolute Gasteiger partial charge is 0.379 e. The topological polar surface area (TPSA) is 20.2 Å². The first kappa shape index (κ1) is 8.61. The normalized spacial score (nSPS) is 16.3. The number of aliphatic hydroxyl groups is 1. The molecule has 9 heavy (non-hydrogen) atoms. The SMILES string of the molecule is O[C@@H](C(F)F)C(F)(F)F. The van der Waals surface area contributed by atoms with Crippen molar-refractivity contribution >= 4 is 0 Å². The maximum atomic E-state index is 11.0. The van der Waals surface area contributed by atoms with E-state index in [1.54, 1.807) is 0 Å². The molecule has 1 nitrogen and oxygen atoms in total. The lowest BCUT2D eigenvalue weighted by Gasteiger charge is -2.11. The summed E-state index contributed by atoms with van der Waals surface area (Å²) in [6, 6.07) is 0. The number of rotatable bonds is 1. The van der Waals surface area contributed by atoms with Crippen molar-refractivity contribution in [3.05, 3.63) is 0 Å². The van der Waals surface area contributed by atoms with E-state index in [1.807, 2.05) is 0 Å². The second-order valence-electron chi connectivity index (χ2n) is 1.32. The molecule has 0 aliphatic rings. The van der Waals surface area contributed by atoms with Crippen molar-refractivity contribution < 1.29 is 27.1 Å². The van der Waals surface area contributed by atoms with Gasteiger partial charge in [-0.15, -0.1) is 0 Å². The van der Waals surface area contributed by atoms with Gasteiger partial charge < -0.3 is 5.11 Å². The average Bonchev–Trinajstić information content (AvgIpc) is 1.62. The first-order valence-corrected chi connectivity index (χ1v) is 1.88. The Morgan fingerprint density at radius 3 is 1.44 bits per heavy atom. The highest BCUT2D eigenvalue weighted by atomic mass is 19.4. The van der Waals surface area contributed by atoms with Crippen LogP contribution in [0.2, 0.25) is 0 Å². The summed E-state index contributed by atoms with van der Waals surface area (Å²) in [4.78, 5) is 0. The van der Waals surface area contributed by atoms with Gasteiger partial charge >= 0.3 is 6.18 Å². The maximum absolute atomic E-state index is 11.0. The molecule has 0 aliphatic heterocycles. The molecule has 1 atom stereocenters. The minimum absolute atomic E-state index is 3.52. The fourth-order valence-corrected chi connectivity index (χ4v) is 0.143. The van der Waals surface area contributed by atoms with Crippen molar-refractivity contribution in [2.24, 2.45) is 0 Å². The van der Waals surface area contributed by atoms with Crippen LogP contribution in [-0.2, 0) is 0 Å². The van der Waals surface area contributed by atoms with Crippen LogP contribution in [-0.4, -0.2) is 23.8 Å². The molecule has 0 aromatic carbocycles. The monoisotopic (exact) mass is 150 g/mol. The molecule has 0 amide bonds. The van der Waals surface area contributed by atoms with Crippen LogP contribution in [0.15, 0.2) is 0 Å². The van der Waals surface area contributed by atoms with Crippen LogP contribution in [0.25, 0.3) is 0 Å². The minimum Gasteiger partial charge on any atom is -0.379 e. The van der Waals surface area contributed by atoms with Crippen molar-refractivity contribution in [3.63, 3.8) is 0 Å². The number of hydrogen-bond donors (Lipinski definition) is 1. The molecule has 56 valence electrons. The molecule has 0 aromatic rings. The van der Waals surface area contributed by atoms with Gasteiger partial charge in [0.1, 0.15) is 0 Å². The molecule has 0 bridgehead atoms. The Kier molecular flexibility index (Phi) is 2.36. The number of hydrogen-bond acceptors (Lipinski definition) is 1. The quantitative estimate of drug-likeness (QED) is 0.556. The average molecular weight is 150 g/mol. The molecule has 0 saturated heterocycles. The van der Waals surface area contributed by atoms with Crippen molar-refractivity contribution in [1.29, 1.82) is 0 Å². The van der Waals surface area contributed by atoms with Gasteiger partial charge in [0.2, 0.25) is 6.10 Å². The summed E-state index contributed by atoms with van der Waals surface area (Å²) in [5, 5.41) is 7.59. The molecule has 0 spiro atoms. The Morgan fingerprint density at radius 2 is 1.44 bits per heavy atom. The molecule has 0 aliphatic carbocycles. The van der Waals surface area contributed by atoms with Gasteiger partial charge in [-0.2, -0.15) is 13.2 Å². The standard InChI is InChI=1S/C3H3F5O/c4-2(5)1(9)3(6,7)8/h1-2,9H/t1-/m0/s1. The highest BCUT2D eigenvalue weighted by Crippen LogP contribution is 2.23. The number of halogens is 5. The molecule has 0 fully saturated rings. The van der Waals surface area contributed by atoms with E-state index in [0.717, 1.165) is 0 Å². The van der Waals surface area contributed by atoms with E-state index in [0.29, 0.717) is 0 Å². The summed E-state index contributed by atoms with van der Waals surface area (Å²) in [5.41, 5.74) is 0. The van der Waals surface area contributed by atoms with Crippen LogP contribution in [0.3, 0.4) is 0 Å². The van der Waals surface area contributed by atoms with Gasteiger partial charge in [0.05, 0.1) is 0 Å². The Morgan fingerprint density at radius 1 is 1.11 bits per heavy atom. The lowest BCUT2D eigenvalue weighted by molar-refractivity contribution is -0.236. The molecular formula is C3H3F5O. The zero-order valence-electron chi connectivity index (χ0n) is 3.99. The van der Waals surface area contributed by atoms with Gasteiger partial charge in [0.25, 0.3) is 6.43 Å². The van der Waals surface area contributed by atoms with Crippen LogP contribution >= 0.6 is 0 Å². The Labute approximate surface area is 47.1 Å². The summed E-state index contributed by atoms with van der Waals surface area (Å²) in [7, 11) is 0. The van der Waals surface area contributed by atoms with E-state index >= 15 is 0 Å². The predicted octanol–water partition coefficient (Wildman–Crippen LogP) is 1.17. The van der Waals surface area contributed by atoms with E-state index in [4.69, 9.17) is 5.11 Å². The fraction of sp³-hybridized carbons (Fsp3) is 1.00. The van der Waals surface area contributed by atoms with Gasteiger partial charge in [-0.25, -0.2) is 8.78 Å². The first-order chi connectivity index (χ1) is 3.85. The first-order valence-electron chi connectivity index (χ1n) is 1.88. The number of aliphatic hydroxyl groups excluding tert-OH is 1. The van der Waals surface area contributed by atoms with E-state index < -0.39 is 18.7 Å². The van der Waals surface area contributed by atoms with Gasteiger partial charge in [-0.05, 0) is 0 Å². The Balaban J connectivity index is 3.88. The lowest BCUT2D eigenvalue weighted by Crippen LogP contribution is -2.34. The molecule has 0 heterocycles. The summed E-state index contributed by atoms with van der Waals surface area (Å²) >= 11 is 0. The third kappa shape index (κ3) is 2.59. The van der Waals surface area contributed by atoms with Crippen LogP contribution < -0.4 is 0 Å². The van der Waals surface area contributed by atoms with Crippen LogP contribution in [0.1, 0.15) is 0 Å². The van der Waals surface area contributed by atoms with Gasteiger partial charge in [-0.3, -0.25) is 0 Å². The minimum atomic E-state index is -5.21. The number of alkyl halides is 5. The van der Waals surface area contributed by atoms with Gasteiger partial charge in [-0.1, -0.05) is 0 Å². The summed E-state index contributed by atoms with van der Waals surface area (Å²) in [6.45, 7) is 0. The largest absolute Gasteiger partial charge is 0.420 e. The maximum Gasteiger partial charge on any atom is 0.420 e. The molecular weight excluding hydrogens is 147 g/mol. The highest BCUT2D eigenvalue weighted by molar-refractivity contribution is 4.66. The predicted molar refractivity (Wildman–Crippen MR) is 18.1 cm³/mol. The summed E-state index contributed by atoms with van der Waals surface area (Å²) in [5.74, 6) is 0. The molecule has 1 N–H and O–H groups in total. The summed E-state index contributed by atoms with van der Waals surface area (Å²) < 4.78 is 54.8. The van der Waals surface area contributed by atoms with Crippen LogP contribution in [0.5, 0.6) is 0 Å². The Hall–Kier alpha value is -0.390. The zero-order chi connectivity index (χ0) is 7.65. The van der Waals surface area contributed by atoms with Crippen molar-refractivity contribution in [3.8, 4) is 0 Å². The fourth-order valence-electron chi connectivity index (χ4n) is 0.143. The van der Waals surface area contributed by atoms with Gasteiger partial charge in [0.15, 0.2) is 0 Å². The van der Waals surface area contributed by atoms with E-state index in [2.05, 4.69) is 0 Å². The van der Waals surface area contributed by atoms with Crippen LogP contribution in [0.4, 0.5) is 22.0 Å². The molecule has 0 saturated carbocycles. The van der Waals surface area contributed by atoms with Gasteiger partial charge in [0, 0.05) is 0 Å². The Bertz CT molecular complexity index is 86.7. The van der Waals surface area contributed by atoms with Crippen molar-refractivity contribution in [2.45, 2.75) is 18.7 Å². The molecule has 0 radical (unpaired) electrons. The molecule has 0 aromatic heterocycles. The van der Waals surface area contributed by atoms with E-state index in [-0.39, 0.29) is 0 Å². The summed E-state index contributed by atoms with van der Waals surface area (Å²) in [6.07, 6.45) is -12.5. The van der Waals surface area contributed by atoms with Crippen LogP contribution in [0, 0.1) is 0 Å². The lowest BCUT2D eigenvalue weighted by atomic mass is 10.4. The molecule has 6 heteroatoms. The second-order valence-corrected chi connectivity index (χ2v) is 1.32. The van der Waals surface area contributed by atoms with Crippen molar-refractivity contribution in [1.82, 2.24) is 0 Å². The second kappa shape index (κ2) is 2.47. The third-order valence-electron chi connectivity index (χ3n) is 0.574. The highest BCUT2D eigenvalue weighted by Gasteiger charge is 2.44. The zero-order valence-corrected chi connectivity index (χ0v) is 3.99.